The standard InChI is InChI=1S/C16H20N2O/c17-15-8-5-14(6-9-15)7-10-16(19)18-12-11-13-3-1-2-4-13/h3,5-10H,1-2,4,11-12,17H2,(H,18,19)/b10-7+. The second-order valence-corrected chi connectivity index (χ2v) is 4.80. The summed E-state index contributed by atoms with van der Waals surface area (Å²) in [5, 5.41) is 2.90. The molecule has 1 amide bonds. The second kappa shape index (κ2) is 6.78. The second-order valence-electron chi connectivity index (χ2n) is 4.80. The lowest BCUT2D eigenvalue weighted by atomic mass is 10.1. The third kappa shape index (κ3) is 4.62. The zero-order valence-electron chi connectivity index (χ0n) is 11.1. The van der Waals surface area contributed by atoms with Crippen LogP contribution in [0.5, 0.6) is 0 Å². The van der Waals surface area contributed by atoms with Crippen LogP contribution in [0.25, 0.3) is 6.08 Å². The van der Waals surface area contributed by atoms with Crippen LogP contribution < -0.4 is 11.1 Å². The van der Waals surface area contributed by atoms with E-state index in [-0.39, 0.29) is 5.91 Å². The summed E-state index contributed by atoms with van der Waals surface area (Å²) in [7, 11) is 0. The van der Waals surface area contributed by atoms with Crippen LogP contribution in [-0.2, 0) is 4.79 Å². The fraction of sp³-hybridized carbons (Fsp3) is 0.312. The van der Waals surface area contributed by atoms with E-state index in [1.54, 1.807) is 12.2 Å². The lowest BCUT2D eigenvalue weighted by Crippen LogP contribution is -2.22. The maximum Gasteiger partial charge on any atom is 0.244 e. The van der Waals surface area contributed by atoms with Crippen LogP contribution in [0.15, 0.2) is 42.0 Å². The molecule has 0 spiro atoms. The van der Waals surface area contributed by atoms with Gasteiger partial charge in [-0.15, -0.1) is 0 Å². The van der Waals surface area contributed by atoms with Gasteiger partial charge in [-0.2, -0.15) is 0 Å². The molecule has 0 saturated carbocycles. The first-order chi connectivity index (χ1) is 9.24. The predicted octanol–water partition coefficient (Wildman–Crippen LogP) is 2.90. The van der Waals surface area contributed by atoms with Crippen molar-refractivity contribution in [1.82, 2.24) is 5.32 Å². The van der Waals surface area contributed by atoms with Crippen molar-refractivity contribution in [3.63, 3.8) is 0 Å². The van der Waals surface area contributed by atoms with Crippen LogP contribution in [0.1, 0.15) is 31.2 Å². The summed E-state index contributed by atoms with van der Waals surface area (Å²) in [6.07, 6.45) is 10.3. The molecular weight excluding hydrogens is 236 g/mol. The third-order valence-electron chi connectivity index (χ3n) is 3.24. The molecule has 100 valence electrons. The van der Waals surface area contributed by atoms with Gasteiger partial charge in [0.25, 0.3) is 0 Å². The maximum absolute atomic E-state index is 11.6. The summed E-state index contributed by atoms with van der Waals surface area (Å²) in [4.78, 5) is 11.6. The minimum absolute atomic E-state index is 0.0459. The molecule has 1 aromatic rings. The predicted molar refractivity (Wildman–Crippen MR) is 79.4 cm³/mol. The van der Waals surface area contributed by atoms with E-state index in [2.05, 4.69) is 11.4 Å². The molecule has 0 unspecified atom stereocenters. The minimum atomic E-state index is -0.0459. The molecule has 0 heterocycles. The average Bonchev–Trinajstić information content (AvgIpc) is 2.91. The highest BCUT2D eigenvalue weighted by atomic mass is 16.1. The number of anilines is 1. The number of nitrogens with one attached hydrogen (secondary N) is 1. The number of benzene rings is 1. The quantitative estimate of drug-likeness (QED) is 0.483. The number of hydrogen-bond acceptors (Lipinski definition) is 2. The van der Waals surface area contributed by atoms with Crippen molar-refractivity contribution in [2.45, 2.75) is 25.7 Å². The van der Waals surface area contributed by atoms with Crippen molar-refractivity contribution < 1.29 is 4.79 Å². The Morgan fingerprint density at radius 1 is 1.32 bits per heavy atom. The largest absolute Gasteiger partial charge is 0.399 e. The van der Waals surface area contributed by atoms with Gasteiger partial charge in [-0.3, -0.25) is 4.79 Å². The van der Waals surface area contributed by atoms with Gasteiger partial charge in [0, 0.05) is 18.3 Å². The number of allylic oxidation sites excluding steroid dienone is 1. The lowest BCUT2D eigenvalue weighted by Gasteiger charge is -2.03. The molecule has 19 heavy (non-hydrogen) atoms. The number of nitrogen functional groups attached to an aromatic ring is 1. The number of amides is 1. The Labute approximate surface area is 114 Å². The summed E-state index contributed by atoms with van der Waals surface area (Å²) in [6.45, 7) is 0.719. The number of rotatable bonds is 5. The molecule has 0 atom stereocenters. The molecule has 2 rings (SSSR count). The highest BCUT2D eigenvalue weighted by molar-refractivity contribution is 5.91. The molecule has 0 aliphatic heterocycles. The van der Waals surface area contributed by atoms with E-state index in [1.807, 2.05) is 24.3 Å². The Hall–Kier alpha value is -2.03. The van der Waals surface area contributed by atoms with Gasteiger partial charge < -0.3 is 11.1 Å². The van der Waals surface area contributed by atoms with E-state index >= 15 is 0 Å². The molecule has 3 heteroatoms. The van der Waals surface area contributed by atoms with Crippen molar-refractivity contribution in [1.29, 1.82) is 0 Å². The van der Waals surface area contributed by atoms with Crippen LogP contribution in [0.4, 0.5) is 5.69 Å². The first-order valence-electron chi connectivity index (χ1n) is 6.73. The van der Waals surface area contributed by atoms with Gasteiger partial charge in [0.15, 0.2) is 0 Å². The number of nitrogens with two attached hydrogens (primary N) is 1. The van der Waals surface area contributed by atoms with Crippen LogP contribution in [0.3, 0.4) is 0 Å². The fourth-order valence-electron chi connectivity index (χ4n) is 2.15. The zero-order valence-corrected chi connectivity index (χ0v) is 11.1. The molecule has 3 nitrogen and oxygen atoms in total. The summed E-state index contributed by atoms with van der Waals surface area (Å²) in [5.74, 6) is -0.0459. The van der Waals surface area contributed by atoms with Gasteiger partial charge in [0.1, 0.15) is 0 Å². The Kier molecular flexibility index (Phi) is 4.78. The third-order valence-corrected chi connectivity index (χ3v) is 3.24. The van der Waals surface area contributed by atoms with Crippen molar-refractivity contribution in [3.05, 3.63) is 47.6 Å². The number of carbonyl (C=O) groups excluding carboxylic acids is 1. The van der Waals surface area contributed by atoms with Gasteiger partial charge in [-0.1, -0.05) is 23.8 Å². The molecule has 1 aliphatic rings. The summed E-state index contributed by atoms with van der Waals surface area (Å²) < 4.78 is 0. The highest BCUT2D eigenvalue weighted by Crippen LogP contribution is 2.19. The van der Waals surface area contributed by atoms with Crippen LogP contribution in [0, 0.1) is 0 Å². The van der Waals surface area contributed by atoms with E-state index in [4.69, 9.17) is 5.73 Å². The Morgan fingerprint density at radius 2 is 2.11 bits per heavy atom. The van der Waals surface area contributed by atoms with Crippen LogP contribution >= 0.6 is 0 Å². The Morgan fingerprint density at radius 3 is 2.79 bits per heavy atom. The summed E-state index contributed by atoms with van der Waals surface area (Å²) in [6, 6.07) is 7.43. The van der Waals surface area contributed by atoms with Crippen molar-refractivity contribution in [3.8, 4) is 0 Å². The van der Waals surface area contributed by atoms with Crippen molar-refractivity contribution in [2.75, 3.05) is 12.3 Å². The van der Waals surface area contributed by atoms with E-state index < -0.39 is 0 Å². The topological polar surface area (TPSA) is 55.1 Å². The smallest absolute Gasteiger partial charge is 0.244 e. The molecule has 1 aromatic carbocycles. The molecule has 0 aromatic heterocycles. The summed E-state index contributed by atoms with van der Waals surface area (Å²) >= 11 is 0. The molecule has 0 saturated heterocycles. The van der Waals surface area contributed by atoms with Crippen LogP contribution in [-0.4, -0.2) is 12.5 Å². The minimum Gasteiger partial charge on any atom is -0.399 e. The van der Waals surface area contributed by atoms with Gasteiger partial charge in [-0.05, 0) is 49.5 Å². The normalized spacial score (nSPS) is 14.6. The molecule has 0 bridgehead atoms. The van der Waals surface area contributed by atoms with Gasteiger partial charge in [0.05, 0.1) is 0 Å². The average molecular weight is 256 g/mol. The summed E-state index contributed by atoms with van der Waals surface area (Å²) in [5.41, 5.74) is 8.78. The number of carbonyl (C=O) groups is 1. The molecule has 1 aliphatic carbocycles. The van der Waals surface area contributed by atoms with Gasteiger partial charge in [0.2, 0.25) is 5.91 Å². The molecular formula is C16H20N2O. The first-order valence-corrected chi connectivity index (χ1v) is 6.73. The molecule has 0 radical (unpaired) electrons. The van der Waals surface area contributed by atoms with Gasteiger partial charge in [-0.25, -0.2) is 0 Å². The molecule has 3 N–H and O–H groups in total. The zero-order chi connectivity index (χ0) is 13.5. The van der Waals surface area contributed by atoms with Gasteiger partial charge >= 0.3 is 0 Å². The molecule has 0 fully saturated rings. The van der Waals surface area contributed by atoms with E-state index in [9.17, 15) is 4.79 Å². The van der Waals surface area contributed by atoms with E-state index in [1.165, 1.54) is 24.8 Å². The highest BCUT2D eigenvalue weighted by Gasteiger charge is 2.04. The van der Waals surface area contributed by atoms with Crippen molar-refractivity contribution in [2.24, 2.45) is 0 Å². The Balaban J connectivity index is 1.72. The fourth-order valence-corrected chi connectivity index (χ4v) is 2.15. The Bertz CT molecular complexity index is 486. The van der Waals surface area contributed by atoms with E-state index in [0.29, 0.717) is 0 Å². The first kappa shape index (κ1) is 13.4. The van der Waals surface area contributed by atoms with Crippen LogP contribution in [0.2, 0.25) is 0 Å². The lowest BCUT2D eigenvalue weighted by molar-refractivity contribution is -0.116. The van der Waals surface area contributed by atoms with Crippen molar-refractivity contribution >= 4 is 17.7 Å². The van der Waals surface area contributed by atoms with E-state index in [0.717, 1.165) is 24.2 Å². The monoisotopic (exact) mass is 256 g/mol. The number of hydrogen-bond donors (Lipinski definition) is 2. The SMILES string of the molecule is Nc1ccc(/C=C/C(=O)NCCC2=CCCC2)cc1. The maximum atomic E-state index is 11.6.